The van der Waals surface area contributed by atoms with Crippen molar-refractivity contribution in [3.8, 4) is 11.1 Å². The van der Waals surface area contributed by atoms with Crippen LogP contribution in [-0.4, -0.2) is 5.91 Å². The van der Waals surface area contributed by atoms with E-state index in [-0.39, 0.29) is 5.69 Å². The molecular formula is C16H14F3NO. The smallest absolute Gasteiger partial charge is 0.326 e. The van der Waals surface area contributed by atoms with E-state index in [0.29, 0.717) is 11.1 Å². The maximum absolute atomic E-state index is 13.0. The van der Waals surface area contributed by atoms with E-state index < -0.39 is 17.6 Å². The number of aryl methyl sites for hydroxylation is 1. The number of alkyl halides is 3. The summed E-state index contributed by atoms with van der Waals surface area (Å²) in [5.74, 6) is -0.413. The molecule has 110 valence electrons. The van der Waals surface area contributed by atoms with Crippen molar-refractivity contribution in [2.45, 2.75) is 20.0 Å². The second kappa shape index (κ2) is 5.60. The lowest BCUT2D eigenvalue weighted by atomic mass is 10.0. The van der Waals surface area contributed by atoms with Crippen LogP contribution < -0.4 is 5.32 Å². The van der Waals surface area contributed by atoms with E-state index in [4.69, 9.17) is 0 Å². The molecule has 2 aromatic carbocycles. The Kier molecular flexibility index (Phi) is 4.02. The number of hydrogen-bond acceptors (Lipinski definition) is 1. The normalized spacial score (nSPS) is 11.3. The van der Waals surface area contributed by atoms with E-state index in [1.165, 1.54) is 13.0 Å². The van der Waals surface area contributed by atoms with Gasteiger partial charge in [-0.2, -0.15) is 13.2 Å². The number of amides is 1. The lowest BCUT2D eigenvalue weighted by Gasteiger charge is -2.13. The molecule has 0 fully saturated rings. The zero-order chi connectivity index (χ0) is 15.6. The molecule has 0 aliphatic carbocycles. The quantitative estimate of drug-likeness (QED) is 0.858. The summed E-state index contributed by atoms with van der Waals surface area (Å²) in [7, 11) is 0. The Morgan fingerprint density at radius 1 is 1.00 bits per heavy atom. The average molecular weight is 293 g/mol. The van der Waals surface area contributed by atoms with E-state index in [2.05, 4.69) is 5.32 Å². The molecule has 0 unspecified atom stereocenters. The molecule has 0 aliphatic heterocycles. The summed E-state index contributed by atoms with van der Waals surface area (Å²) in [5.41, 5.74) is 1.44. The molecule has 0 saturated heterocycles. The topological polar surface area (TPSA) is 29.1 Å². The van der Waals surface area contributed by atoms with Crippen LogP contribution >= 0.6 is 0 Å². The van der Waals surface area contributed by atoms with Gasteiger partial charge in [0.05, 0.1) is 5.56 Å². The first kappa shape index (κ1) is 15.1. The summed E-state index contributed by atoms with van der Waals surface area (Å²) < 4.78 is 38.9. The van der Waals surface area contributed by atoms with Crippen molar-refractivity contribution >= 4 is 11.6 Å². The van der Waals surface area contributed by atoms with Crippen LogP contribution in [0, 0.1) is 6.92 Å². The van der Waals surface area contributed by atoms with Crippen LogP contribution in [0.15, 0.2) is 42.5 Å². The highest BCUT2D eigenvalue weighted by molar-refractivity contribution is 5.89. The van der Waals surface area contributed by atoms with Gasteiger partial charge in [0.2, 0.25) is 5.91 Å². The Bertz CT molecular complexity index is 660. The minimum atomic E-state index is -4.46. The summed E-state index contributed by atoms with van der Waals surface area (Å²) in [6, 6.07) is 10.7. The van der Waals surface area contributed by atoms with Crippen LogP contribution in [0.4, 0.5) is 18.9 Å². The summed E-state index contributed by atoms with van der Waals surface area (Å²) in [5, 5.41) is 2.40. The molecule has 2 aromatic rings. The van der Waals surface area contributed by atoms with E-state index in [1.807, 2.05) is 19.1 Å². The molecule has 1 amide bonds. The van der Waals surface area contributed by atoms with Gasteiger partial charge in [0.15, 0.2) is 0 Å². The van der Waals surface area contributed by atoms with Crippen molar-refractivity contribution in [2.75, 3.05) is 5.32 Å². The van der Waals surface area contributed by atoms with Gasteiger partial charge in [-0.05, 0) is 36.2 Å². The zero-order valence-electron chi connectivity index (χ0n) is 11.6. The molecule has 0 heterocycles. The van der Waals surface area contributed by atoms with Crippen LogP contribution in [0.1, 0.15) is 18.1 Å². The van der Waals surface area contributed by atoms with E-state index in [0.717, 1.165) is 17.7 Å². The standard InChI is InChI=1S/C16H14F3NO/c1-10-3-5-12(6-4-10)13-7-14(16(17,18)19)9-15(8-13)20-11(2)21/h3-9H,1-2H3,(H,20,21). The van der Waals surface area contributed by atoms with Gasteiger partial charge in [0.1, 0.15) is 0 Å². The average Bonchev–Trinajstić information content (AvgIpc) is 2.37. The van der Waals surface area contributed by atoms with E-state index in [1.54, 1.807) is 12.1 Å². The monoisotopic (exact) mass is 293 g/mol. The summed E-state index contributed by atoms with van der Waals surface area (Å²) in [4.78, 5) is 11.1. The summed E-state index contributed by atoms with van der Waals surface area (Å²) in [6.07, 6.45) is -4.46. The van der Waals surface area contributed by atoms with Gasteiger partial charge in [0.25, 0.3) is 0 Å². The first-order valence-electron chi connectivity index (χ1n) is 6.32. The number of halogens is 3. The maximum Gasteiger partial charge on any atom is 0.416 e. The maximum atomic E-state index is 13.0. The Labute approximate surface area is 120 Å². The second-order valence-corrected chi connectivity index (χ2v) is 4.84. The molecule has 5 heteroatoms. The zero-order valence-corrected chi connectivity index (χ0v) is 11.6. The molecule has 0 aliphatic rings. The van der Waals surface area contributed by atoms with Crippen molar-refractivity contribution < 1.29 is 18.0 Å². The Balaban J connectivity index is 2.54. The van der Waals surface area contributed by atoms with Gasteiger partial charge in [0, 0.05) is 12.6 Å². The van der Waals surface area contributed by atoms with Gasteiger partial charge in [-0.1, -0.05) is 29.8 Å². The predicted octanol–water partition coefficient (Wildman–Crippen LogP) is 4.64. The highest BCUT2D eigenvalue weighted by Gasteiger charge is 2.31. The number of carbonyl (C=O) groups excluding carboxylic acids is 1. The molecule has 21 heavy (non-hydrogen) atoms. The van der Waals surface area contributed by atoms with Crippen LogP contribution in [0.5, 0.6) is 0 Å². The molecule has 0 bridgehead atoms. The molecule has 2 nitrogen and oxygen atoms in total. The molecule has 0 saturated carbocycles. The van der Waals surface area contributed by atoms with Crippen LogP contribution in [0.2, 0.25) is 0 Å². The van der Waals surface area contributed by atoms with Gasteiger partial charge < -0.3 is 5.32 Å². The first-order valence-corrected chi connectivity index (χ1v) is 6.32. The predicted molar refractivity (Wildman–Crippen MR) is 75.9 cm³/mol. The van der Waals surface area contributed by atoms with Crippen molar-refractivity contribution in [1.82, 2.24) is 0 Å². The lowest BCUT2D eigenvalue weighted by molar-refractivity contribution is -0.137. The van der Waals surface area contributed by atoms with Crippen LogP contribution in [0.3, 0.4) is 0 Å². The minimum absolute atomic E-state index is 0.132. The summed E-state index contributed by atoms with van der Waals surface area (Å²) >= 11 is 0. The third-order valence-electron chi connectivity index (χ3n) is 2.97. The fourth-order valence-electron chi connectivity index (χ4n) is 1.98. The highest BCUT2D eigenvalue weighted by Crippen LogP contribution is 2.35. The SMILES string of the molecule is CC(=O)Nc1cc(-c2ccc(C)cc2)cc(C(F)(F)F)c1. The molecule has 0 spiro atoms. The van der Waals surface area contributed by atoms with Crippen LogP contribution in [-0.2, 0) is 11.0 Å². The fourth-order valence-corrected chi connectivity index (χ4v) is 1.98. The lowest BCUT2D eigenvalue weighted by Crippen LogP contribution is -2.09. The third kappa shape index (κ3) is 3.84. The molecule has 0 aromatic heterocycles. The fraction of sp³-hybridized carbons (Fsp3) is 0.188. The number of carbonyl (C=O) groups is 1. The van der Waals surface area contributed by atoms with Gasteiger partial charge in [-0.25, -0.2) is 0 Å². The number of benzene rings is 2. The number of nitrogens with one attached hydrogen (secondary N) is 1. The van der Waals surface area contributed by atoms with Gasteiger partial charge >= 0.3 is 6.18 Å². The molecular weight excluding hydrogens is 279 g/mol. The molecule has 1 N–H and O–H groups in total. The number of rotatable bonds is 2. The summed E-state index contributed by atoms with van der Waals surface area (Å²) in [6.45, 7) is 3.16. The van der Waals surface area contributed by atoms with Crippen molar-refractivity contribution in [3.63, 3.8) is 0 Å². The number of hydrogen-bond donors (Lipinski definition) is 1. The third-order valence-corrected chi connectivity index (χ3v) is 2.97. The second-order valence-electron chi connectivity index (χ2n) is 4.84. The Morgan fingerprint density at radius 3 is 2.14 bits per heavy atom. The van der Waals surface area contributed by atoms with Crippen LogP contribution in [0.25, 0.3) is 11.1 Å². The van der Waals surface area contributed by atoms with Gasteiger partial charge in [-0.15, -0.1) is 0 Å². The number of anilines is 1. The molecule has 0 atom stereocenters. The Morgan fingerprint density at radius 2 is 1.62 bits per heavy atom. The van der Waals surface area contributed by atoms with E-state index >= 15 is 0 Å². The highest BCUT2D eigenvalue weighted by atomic mass is 19.4. The minimum Gasteiger partial charge on any atom is -0.326 e. The van der Waals surface area contributed by atoms with E-state index in [9.17, 15) is 18.0 Å². The first-order chi connectivity index (χ1) is 9.75. The van der Waals surface area contributed by atoms with Crippen molar-refractivity contribution in [2.24, 2.45) is 0 Å². The van der Waals surface area contributed by atoms with Crippen molar-refractivity contribution in [3.05, 3.63) is 53.6 Å². The Hall–Kier alpha value is -2.30. The van der Waals surface area contributed by atoms with Crippen molar-refractivity contribution in [1.29, 1.82) is 0 Å². The van der Waals surface area contributed by atoms with Gasteiger partial charge in [-0.3, -0.25) is 4.79 Å². The molecule has 2 rings (SSSR count). The molecule has 0 radical (unpaired) electrons. The largest absolute Gasteiger partial charge is 0.416 e.